The van der Waals surface area contributed by atoms with Crippen molar-refractivity contribution in [1.82, 2.24) is 9.88 Å². The Labute approximate surface area is 88.2 Å². The van der Waals surface area contributed by atoms with E-state index >= 15 is 0 Å². The number of rotatable bonds is 0. The Morgan fingerprint density at radius 2 is 2.40 bits per heavy atom. The van der Waals surface area contributed by atoms with Crippen LogP contribution in [0.2, 0.25) is 0 Å². The summed E-state index contributed by atoms with van der Waals surface area (Å²) in [6.07, 6.45) is 11.7. The first kappa shape index (κ1) is 7.46. The first-order valence-electron chi connectivity index (χ1n) is 5.28. The number of hydrogen-bond donors (Lipinski definition) is 0. The highest BCUT2D eigenvalue weighted by atomic mass is 15.2. The lowest BCUT2D eigenvalue weighted by Gasteiger charge is -2.24. The van der Waals surface area contributed by atoms with Gasteiger partial charge < -0.3 is 4.90 Å². The van der Waals surface area contributed by atoms with E-state index in [1.807, 2.05) is 12.3 Å². The van der Waals surface area contributed by atoms with Crippen LogP contribution in [0.4, 0.5) is 0 Å². The van der Waals surface area contributed by atoms with Crippen LogP contribution < -0.4 is 0 Å². The Kier molecular flexibility index (Phi) is 1.19. The second-order valence-electron chi connectivity index (χ2n) is 4.10. The van der Waals surface area contributed by atoms with E-state index in [1.54, 1.807) is 0 Å². The minimum Gasteiger partial charge on any atom is -0.332 e. The SMILES string of the molecule is C1=CC2=CCC3c4cccnc4C(=C1)N23. The summed E-state index contributed by atoms with van der Waals surface area (Å²) in [4.78, 5) is 6.89. The molecule has 2 nitrogen and oxygen atoms in total. The highest BCUT2D eigenvalue weighted by Crippen LogP contribution is 2.49. The minimum atomic E-state index is 0.500. The van der Waals surface area contributed by atoms with Crippen LogP contribution in [-0.2, 0) is 0 Å². The molecule has 2 heteroatoms. The summed E-state index contributed by atoms with van der Waals surface area (Å²) in [5.41, 5.74) is 5.13. The molecule has 0 fully saturated rings. The second-order valence-corrected chi connectivity index (χ2v) is 4.10. The predicted molar refractivity (Wildman–Crippen MR) is 58.6 cm³/mol. The summed E-state index contributed by atoms with van der Waals surface area (Å²) in [6, 6.07) is 4.73. The maximum absolute atomic E-state index is 4.49. The third-order valence-electron chi connectivity index (χ3n) is 3.36. The lowest BCUT2D eigenvalue weighted by atomic mass is 10.1. The van der Waals surface area contributed by atoms with Crippen LogP contribution in [0, 0.1) is 0 Å². The number of pyridine rings is 1. The summed E-state index contributed by atoms with van der Waals surface area (Å²) >= 11 is 0. The predicted octanol–water partition coefficient (Wildman–Crippen LogP) is 2.64. The lowest BCUT2D eigenvalue weighted by molar-refractivity contribution is 0.433. The van der Waals surface area contributed by atoms with Crippen LogP contribution in [0.3, 0.4) is 0 Å². The van der Waals surface area contributed by atoms with Crippen molar-refractivity contribution >= 4 is 5.70 Å². The Balaban J connectivity index is 2.04. The summed E-state index contributed by atoms with van der Waals surface area (Å²) in [7, 11) is 0. The van der Waals surface area contributed by atoms with Gasteiger partial charge >= 0.3 is 0 Å². The second kappa shape index (κ2) is 2.40. The summed E-state index contributed by atoms with van der Waals surface area (Å²) in [5.74, 6) is 0. The average molecular weight is 194 g/mol. The molecule has 0 amide bonds. The molecule has 0 aliphatic carbocycles. The minimum absolute atomic E-state index is 0.500. The quantitative estimate of drug-likeness (QED) is 0.631. The average Bonchev–Trinajstić information content (AvgIpc) is 2.85. The maximum atomic E-state index is 4.49. The van der Waals surface area contributed by atoms with Gasteiger partial charge in [0.05, 0.1) is 17.4 Å². The van der Waals surface area contributed by atoms with E-state index in [0.717, 1.165) is 12.1 Å². The topological polar surface area (TPSA) is 16.1 Å². The van der Waals surface area contributed by atoms with Gasteiger partial charge in [-0.3, -0.25) is 4.98 Å². The fraction of sp³-hybridized carbons (Fsp3) is 0.154. The maximum Gasteiger partial charge on any atom is 0.0919 e. The molecule has 3 aliphatic heterocycles. The first-order valence-corrected chi connectivity index (χ1v) is 5.28. The van der Waals surface area contributed by atoms with Crippen LogP contribution in [0.1, 0.15) is 23.7 Å². The van der Waals surface area contributed by atoms with E-state index in [4.69, 9.17) is 0 Å². The molecule has 1 atom stereocenters. The molecule has 3 aliphatic rings. The van der Waals surface area contributed by atoms with Crippen LogP contribution in [0.5, 0.6) is 0 Å². The lowest BCUT2D eigenvalue weighted by Crippen LogP contribution is -2.15. The molecule has 0 saturated heterocycles. The summed E-state index contributed by atoms with van der Waals surface area (Å²) in [5, 5.41) is 0. The molecule has 15 heavy (non-hydrogen) atoms. The highest BCUT2D eigenvalue weighted by molar-refractivity contribution is 5.75. The van der Waals surface area contributed by atoms with Gasteiger partial charge in [0.25, 0.3) is 0 Å². The van der Waals surface area contributed by atoms with Gasteiger partial charge in [-0.15, -0.1) is 0 Å². The van der Waals surface area contributed by atoms with Crippen molar-refractivity contribution in [3.8, 4) is 0 Å². The molecule has 0 bridgehead atoms. The molecule has 0 N–H and O–H groups in total. The number of aromatic nitrogens is 1. The standard InChI is InChI=1S/C13H10N2/c1-3-9-6-7-11-10-4-2-8-14-13(10)12(5-1)15(9)11/h1-6,8,11H,7H2. The van der Waals surface area contributed by atoms with E-state index in [9.17, 15) is 0 Å². The number of allylic oxidation sites excluding steroid dienone is 3. The Morgan fingerprint density at radius 3 is 3.40 bits per heavy atom. The van der Waals surface area contributed by atoms with Gasteiger partial charge in [-0.2, -0.15) is 0 Å². The number of nitrogens with zero attached hydrogens (tertiary/aromatic N) is 2. The third-order valence-corrected chi connectivity index (χ3v) is 3.36. The summed E-state index contributed by atoms with van der Waals surface area (Å²) < 4.78 is 0. The van der Waals surface area contributed by atoms with Gasteiger partial charge in [0.1, 0.15) is 0 Å². The number of hydrogen-bond acceptors (Lipinski definition) is 2. The Bertz CT molecular complexity index is 537. The van der Waals surface area contributed by atoms with Crippen LogP contribution in [-0.4, -0.2) is 9.88 Å². The van der Waals surface area contributed by atoms with E-state index < -0.39 is 0 Å². The van der Waals surface area contributed by atoms with Gasteiger partial charge in [-0.25, -0.2) is 0 Å². The zero-order chi connectivity index (χ0) is 9.83. The molecule has 1 aromatic heterocycles. The Morgan fingerprint density at radius 1 is 1.40 bits per heavy atom. The first-order chi connectivity index (χ1) is 7.45. The fourth-order valence-electron chi connectivity index (χ4n) is 2.75. The molecule has 72 valence electrons. The van der Waals surface area contributed by atoms with Crippen LogP contribution in [0.15, 0.2) is 48.3 Å². The largest absolute Gasteiger partial charge is 0.332 e. The number of fused-ring (bicyclic) bond motifs is 3. The van der Waals surface area contributed by atoms with Gasteiger partial charge in [-0.1, -0.05) is 18.2 Å². The normalized spacial score (nSPS) is 24.8. The molecule has 0 aromatic carbocycles. The highest BCUT2D eigenvalue weighted by Gasteiger charge is 2.39. The zero-order valence-corrected chi connectivity index (χ0v) is 8.22. The zero-order valence-electron chi connectivity index (χ0n) is 8.22. The van der Waals surface area contributed by atoms with Crippen molar-refractivity contribution in [2.45, 2.75) is 12.5 Å². The molecule has 4 rings (SSSR count). The smallest absolute Gasteiger partial charge is 0.0919 e. The van der Waals surface area contributed by atoms with Crippen molar-refractivity contribution in [3.05, 3.63) is 59.6 Å². The fourth-order valence-corrected chi connectivity index (χ4v) is 2.75. The molecule has 1 aromatic rings. The summed E-state index contributed by atoms with van der Waals surface area (Å²) in [6.45, 7) is 0. The molecule has 4 heterocycles. The molecular formula is C13H10N2. The molecule has 0 saturated carbocycles. The monoisotopic (exact) mass is 194 g/mol. The third kappa shape index (κ3) is 0.780. The van der Waals surface area contributed by atoms with Crippen LogP contribution in [0.25, 0.3) is 5.70 Å². The molecule has 1 unspecified atom stereocenters. The van der Waals surface area contributed by atoms with Crippen molar-refractivity contribution in [2.75, 3.05) is 0 Å². The van der Waals surface area contributed by atoms with Gasteiger partial charge in [-0.05, 0) is 24.6 Å². The van der Waals surface area contributed by atoms with Crippen molar-refractivity contribution in [1.29, 1.82) is 0 Å². The molecule has 0 radical (unpaired) electrons. The van der Waals surface area contributed by atoms with Gasteiger partial charge in [0.2, 0.25) is 0 Å². The van der Waals surface area contributed by atoms with Crippen molar-refractivity contribution in [3.63, 3.8) is 0 Å². The molecular weight excluding hydrogens is 184 g/mol. The Hall–Kier alpha value is -1.83. The van der Waals surface area contributed by atoms with E-state index in [2.05, 4.69) is 40.3 Å². The van der Waals surface area contributed by atoms with E-state index in [-0.39, 0.29) is 0 Å². The van der Waals surface area contributed by atoms with Gasteiger partial charge in [0, 0.05) is 17.5 Å². The van der Waals surface area contributed by atoms with Crippen molar-refractivity contribution < 1.29 is 0 Å². The van der Waals surface area contributed by atoms with E-state index in [0.29, 0.717) is 6.04 Å². The van der Waals surface area contributed by atoms with E-state index in [1.165, 1.54) is 17.0 Å². The molecule has 0 spiro atoms. The van der Waals surface area contributed by atoms with Crippen molar-refractivity contribution in [2.24, 2.45) is 0 Å². The van der Waals surface area contributed by atoms with Crippen LogP contribution >= 0.6 is 0 Å². The van der Waals surface area contributed by atoms with Gasteiger partial charge in [0.15, 0.2) is 0 Å².